The van der Waals surface area contributed by atoms with Crippen molar-refractivity contribution < 1.29 is 9.90 Å². The first-order valence-electron chi connectivity index (χ1n) is 2.27. The van der Waals surface area contributed by atoms with Gasteiger partial charge in [-0.25, -0.2) is 0 Å². The smallest absolute Gasteiger partial charge is 0.319 e. The van der Waals surface area contributed by atoms with E-state index in [2.05, 4.69) is 0 Å². The molecule has 0 aromatic heterocycles. The number of aliphatic carboxylic acids is 1. The van der Waals surface area contributed by atoms with Gasteiger partial charge in [-0.2, -0.15) is 3.71 Å². The van der Waals surface area contributed by atoms with E-state index < -0.39 is 5.97 Å². The molecule has 0 radical (unpaired) electrons. The number of rotatable bonds is 2. The van der Waals surface area contributed by atoms with Crippen molar-refractivity contribution in [3.63, 3.8) is 0 Å². The van der Waals surface area contributed by atoms with Crippen LogP contribution in [0.2, 0.25) is 0 Å². The molecule has 0 bridgehead atoms. The minimum Gasteiger partial charge on any atom is -0.480 e. The highest BCUT2D eigenvalue weighted by molar-refractivity contribution is 8.17. The molecule has 9 heavy (non-hydrogen) atoms. The number of carboxylic acid groups (broad SMARTS) is 1. The van der Waals surface area contributed by atoms with E-state index in [4.69, 9.17) is 5.11 Å². The fraction of sp³-hybridized carbons (Fsp3) is 0.250. The predicted octanol–water partition coefficient (Wildman–Crippen LogP) is 1.15. The van der Waals surface area contributed by atoms with E-state index in [0.717, 1.165) is 0 Å². The van der Waals surface area contributed by atoms with E-state index in [9.17, 15) is 4.79 Å². The van der Waals surface area contributed by atoms with Crippen LogP contribution in [0.4, 0.5) is 0 Å². The van der Waals surface area contributed by atoms with Gasteiger partial charge in [0.1, 0.15) is 6.54 Å². The zero-order chi connectivity index (χ0) is 6.69. The second kappa shape index (κ2) is 3.14. The Balaban J connectivity index is 2.22. The van der Waals surface area contributed by atoms with Crippen LogP contribution in [-0.2, 0) is 4.79 Å². The molecule has 0 aromatic carbocycles. The molecule has 0 amide bonds. The molecule has 3 nitrogen and oxygen atoms in total. The molecular weight excluding hydrogens is 158 g/mol. The lowest BCUT2D eigenvalue weighted by Crippen LogP contribution is -2.14. The fourth-order valence-corrected chi connectivity index (χ4v) is 1.93. The Hall–Kier alpha value is -0.130. The van der Waals surface area contributed by atoms with Crippen molar-refractivity contribution >= 4 is 29.9 Å². The summed E-state index contributed by atoms with van der Waals surface area (Å²) < 4.78 is 1.68. The summed E-state index contributed by atoms with van der Waals surface area (Å²) in [5, 5.41) is 12.0. The fourth-order valence-electron chi connectivity index (χ4n) is 0.395. The van der Waals surface area contributed by atoms with Crippen molar-refractivity contribution in [2.45, 2.75) is 0 Å². The van der Waals surface area contributed by atoms with E-state index >= 15 is 0 Å². The van der Waals surface area contributed by atoms with Gasteiger partial charge in [0, 0.05) is 0 Å². The van der Waals surface area contributed by atoms with Gasteiger partial charge in [-0.15, -0.1) is 0 Å². The summed E-state index contributed by atoms with van der Waals surface area (Å²) in [5.74, 6) is -0.793. The average molecular weight is 163 g/mol. The van der Waals surface area contributed by atoms with Crippen LogP contribution in [-0.4, -0.2) is 21.3 Å². The second-order valence-electron chi connectivity index (χ2n) is 1.37. The molecule has 1 aliphatic rings. The summed E-state index contributed by atoms with van der Waals surface area (Å²) in [5.41, 5.74) is 0. The van der Waals surface area contributed by atoms with E-state index in [1.165, 1.54) is 23.9 Å². The summed E-state index contributed by atoms with van der Waals surface area (Å²) >= 11 is 2.81. The van der Waals surface area contributed by atoms with Gasteiger partial charge in [0.05, 0.1) is 0 Å². The maximum atomic E-state index is 10.1. The Morgan fingerprint density at radius 2 is 2.11 bits per heavy atom. The molecule has 1 heterocycles. The first kappa shape index (κ1) is 6.98. The van der Waals surface area contributed by atoms with E-state index in [-0.39, 0.29) is 6.54 Å². The molecule has 1 aliphatic heterocycles. The van der Waals surface area contributed by atoms with Crippen molar-refractivity contribution in [3.05, 3.63) is 10.8 Å². The summed E-state index contributed by atoms with van der Waals surface area (Å²) in [6.45, 7) is 0.0856. The lowest BCUT2D eigenvalue weighted by atomic mass is 10.7. The van der Waals surface area contributed by atoms with Crippen molar-refractivity contribution in [1.82, 2.24) is 3.71 Å². The van der Waals surface area contributed by atoms with Crippen molar-refractivity contribution in [3.8, 4) is 0 Å². The minimum atomic E-state index is -0.793. The highest BCUT2D eigenvalue weighted by atomic mass is 32.2. The molecule has 0 aromatic rings. The molecule has 0 aliphatic carbocycles. The van der Waals surface area contributed by atoms with E-state index in [0.29, 0.717) is 0 Å². The monoisotopic (exact) mass is 163 g/mol. The maximum Gasteiger partial charge on any atom is 0.319 e. The Morgan fingerprint density at radius 3 is 2.56 bits per heavy atom. The third kappa shape index (κ3) is 2.30. The van der Waals surface area contributed by atoms with Crippen LogP contribution in [0, 0.1) is 0 Å². The summed E-state index contributed by atoms with van der Waals surface area (Å²) in [6, 6.07) is 0. The Kier molecular flexibility index (Phi) is 2.44. The molecular formula is C4H5NO2S2. The quantitative estimate of drug-likeness (QED) is 0.618. The molecule has 0 unspecified atom stereocenters. The van der Waals surface area contributed by atoms with Crippen molar-refractivity contribution in [1.29, 1.82) is 0 Å². The Bertz CT molecular complexity index is 140. The molecule has 0 spiro atoms. The number of carbonyl (C=O) groups is 1. The van der Waals surface area contributed by atoms with Crippen LogP contribution in [0.5, 0.6) is 0 Å². The van der Waals surface area contributed by atoms with Gasteiger partial charge in [-0.3, -0.25) is 4.79 Å². The molecule has 0 fully saturated rings. The van der Waals surface area contributed by atoms with Gasteiger partial charge in [0.25, 0.3) is 0 Å². The standard InChI is InChI=1S/C4H5NO2S2/c6-4(7)3-5-8-1-2-9-5/h1-2H,3H2,(H,6,7). The molecule has 50 valence electrons. The lowest BCUT2D eigenvalue weighted by molar-refractivity contribution is -0.136. The third-order valence-electron chi connectivity index (χ3n) is 0.677. The zero-order valence-corrected chi connectivity index (χ0v) is 6.11. The highest BCUT2D eigenvalue weighted by Crippen LogP contribution is 2.30. The van der Waals surface area contributed by atoms with Crippen LogP contribution < -0.4 is 0 Å². The van der Waals surface area contributed by atoms with Crippen LogP contribution in [0.1, 0.15) is 0 Å². The van der Waals surface area contributed by atoms with Crippen LogP contribution in [0.25, 0.3) is 0 Å². The first-order chi connectivity index (χ1) is 4.29. The number of hydrogen-bond donors (Lipinski definition) is 1. The average Bonchev–Trinajstić information content (AvgIpc) is 2.15. The third-order valence-corrected chi connectivity index (χ3v) is 2.61. The topological polar surface area (TPSA) is 40.5 Å². The maximum absolute atomic E-state index is 10.1. The Labute approximate surface area is 61.4 Å². The van der Waals surface area contributed by atoms with E-state index in [1.807, 2.05) is 10.8 Å². The number of hydrogen-bond acceptors (Lipinski definition) is 4. The lowest BCUT2D eigenvalue weighted by Gasteiger charge is -2.05. The summed E-state index contributed by atoms with van der Waals surface area (Å²) in [4.78, 5) is 10.1. The normalized spacial score (nSPS) is 18.7. The molecule has 1 N–H and O–H groups in total. The zero-order valence-electron chi connectivity index (χ0n) is 4.48. The molecule has 0 saturated carbocycles. The Morgan fingerprint density at radius 1 is 1.56 bits per heavy atom. The van der Waals surface area contributed by atoms with Crippen LogP contribution in [0.3, 0.4) is 0 Å². The number of nitrogens with zero attached hydrogens (tertiary/aromatic N) is 1. The minimum absolute atomic E-state index is 0.0856. The van der Waals surface area contributed by atoms with Crippen molar-refractivity contribution in [2.24, 2.45) is 0 Å². The van der Waals surface area contributed by atoms with Gasteiger partial charge in [-0.1, -0.05) is 0 Å². The van der Waals surface area contributed by atoms with Gasteiger partial charge in [0.2, 0.25) is 0 Å². The highest BCUT2D eigenvalue weighted by Gasteiger charge is 2.11. The molecule has 0 saturated heterocycles. The van der Waals surface area contributed by atoms with Gasteiger partial charge in [-0.05, 0) is 34.7 Å². The van der Waals surface area contributed by atoms with Crippen molar-refractivity contribution in [2.75, 3.05) is 6.54 Å². The summed E-state index contributed by atoms with van der Waals surface area (Å²) in [7, 11) is 0. The molecule has 5 heteroatoms. The first-order valence-corrected chi connectivity index (χ1v) is 3.94. The van der Waals surface area contributed by atoms with Gasteiger partial charge >= 0.3 is 5.97 Å². The number of carboxylic acids is 1. The SMILES string of the molecule is O=C(O)CN1SC=CS1. The summed E-state index contributed by atoms with van der Waals surface area (Å²) in [6.07, 6.45) is 0. The van der Waals surface area contributed by atoms with Crippen LogP contribution >= 0.6 is 23.9 Å². The van der Waals surface area contributed by atoms with Gasteiger partial charge < -0.3 is 5.11 Å². The predicted molar refractivity (Wildman–Crippen MR) is 38.7 cm³/mol. The molecule has 0 atom stereocenters. The largest absolute Gasteiger partial charge is 0.480 e. The van der Waals surface area contributed by atoms with E-state index in [1.54, 1.807) is 3.71 Å². The molecule has 1 rings (SSSR count). The van der Waals surface area contributed by atoms with Gasteiger partial charge in [0.15, 0.2) is 0 Å². The second-order valence-corrected chi connectivity index (χ2v) is 3.45. The van der Waals surface area contributed by atoms with Crippen LogP contribution in [0.15, 0.2) is 10.8 Å².